The van der Waals surface area contributed by atoms with E-state index in [9.17, 15) is 4.79 Å². The van der Waals surface area contributed by atoms with Crippen molar-refractivity contribution in [3.63, 3.8) is 0 Å². The molecule has 2 atom stereocenters. The van der Waals surface area contributed by atoms with Crippen molar-refractivity contribution in [1.82, 2.24) is 9.47 Å². The molecule has 2 N–H and O–H groups in total. The van der Waals surface area contributed by atoms with E-state index >= 15 is 0 Å². The summed E-state index contributed by atoms with van der Waals surface area (Å²) in [7, 11) is 0. The van der Waals surface area contributed by atoms with Gasteiger partial charge in [0, 0.05) is 24.5 Å². The molecule has 0 bridgehead atoms. The Labute approximate surface area is 144 Å². The Kier molecular flexibility index (Phi) is 4.76. The van der Waals surface area contributed by atoms with Gasteiger partial charge >= 0.3 is 0 Å². The van der Waals surface area contributed by atoms with Crippen LogP contribution in [0.2, 0.25) is 0 Å². The number of aromatic nitrogens is 1. The van der Waals surface area contributed by atoms with Crippen LogP contribution in [0.1, 0.15) is 46.7 Å². The molecule has 0 aliphatic carbocycles. The van der Waals surface area contributed by atoms with Gasteiger partial charge in [0.05, 0.1) is 11.6 Å². The van der Waals surface area contributed by atoms with E-state index < -0.39 is 0 Å². The van der Waals surface area contributed by atoms with E-state index in [1.807, 2.05) is 17.0 Å². The summed E-state index contributed by atoms with van der Waals surface area (Å²) in [6, 6.07) is 12.7. The Bertz CT molecular complexity index is 720. The SMILES string of the molecule is Cc1cc(C(=O)N2CC[C@@H](CN)C2)c(C)n1[C@@H](C)c1ccccc1. The van der Waals surface area contributed by atoms with Crippen LogP contribution in [0.15, 0.2) is 36.4 Å². The molecule has 0 unspecified atom stereocenters. The minimum absolute atomic E-state index is 0.144. The molecule has 1 aromatic carbocycles. The van der Waals surface area contributed by atoms with Crippen molar-refractivity contribution in [3.05, 3.63) is 58.9 Å². The van der Waals surface area contributed by atoms with E-state index in [0.29, 0.717) is 12.5 Å². The highest BCUT2D eigenvalue weighted by Gasteiger charge is 2.28. The molecule has 0 spiro atoms. The highest BCUT2D eigenvalue weighted by atomic mass is 16.2. The van der Waals surface area contributed by atoms with Crippen LogP contribution in [-0.2, 0) is 0 Å². The first-order chi connectivity index (χ1) is 11.5. The topological polar surface area (TPSA) is 51.3 Å². The molecule has 0 radical (unpaired) electrons. The fraction of sp³-hybridized carbons (Fsp3) is 0.450. The second-order valence-corrected chi connectivity index (χ2v) is 6.88. The van der Waals surface area contributed by atoms with Crippen LogP contribution in [-0.4, -0.2) is 35.0 Å². The van der Waals surface area contributed by atoms with Crippen molar-refractivity contribution < 1.29 is 4.79 Å². The van der Waals surface area contributed by atoms with Crippen LogP contribution >= 0.6 is 0 Å². The third-order valence-corrected chi connectivity index (χ3v) is 5.29. The van der Waals surface area contributed by atoms with E-state index in [1.165, 1.54) is 5.56 Å². The molecule has 2 heterocycles. The second kappa shape index (κ2) is 6.81. The molecule has 1 aromatic heterocycles. The van der Waals surface area contributed by atoms with Gasteiger partial charge in [-0.15, -0.1) is 0 Å². The maximum Gasteiger partial charge on any atom is 0.255 e. The van der Waals surface area contributed by atoms with Crippen molar-refractivity contribution in [2.24, 2.45) is 11.7 Å². The van der Waals surface area contributed by atoms with Gasteiger partial charge in [-0.05, 0) is 51.3 Å². The lowest BCUT2D eigenvalue weighted by Gasteiger charge is -2.20. The molecule has 1 amide bonds. The number of nitrogens with zero attached hydrogens (tertiary/aromatic N) is 2. The van der Waals surface area contributed by atoms with Gasteiger partial charge in [0.15, 0.2) is 0 Å². The number of nitrogens with two attached hydrogens (primary N) is 1. The summed E-state index contributed by atoms with van der Waals surface area (Å²) in [6.07, 6.45) is 1.02. The van der Waals surface area contributed by atoms with Gasteiger partial charge in [0.2, 0.25) is 0 Å². The fourth-order valence-corrected chi connectivity index (χ4v) is 3.85. The number of carbonyl (C=O) groups excluding carboxylic acids is 1. The lowest BCUT2D eigenvalue weighted by atomic mass is 10.1. The first kappa shape index (κ1) is 16.8. The predicted octanol–water partition coefficient (Wildman–Crippen LogP) is 3.14. The van der Waals surface area contributed by atoms with Gasteiger partial charge in [-0.2, -0.15) is 0 Å². The van der Waals surface area contributed by atoms with Crippen LogP contribution < -0.4 is 5.73 Å². The quantitative estimate of drug-likeness (QED) is 0.939. The number of carbonyl (C=O) groups is 1. The molecule has 4 heteroatoms. The summed E-state index contributed by atoms with van der Waals surface area (Å²) in [6.45, 7) is 8.58. The van der Waals surface area contributed by atoms with Crippen LogP contribution in [0.5, 0.6) is 0 Å². The van der Waals surface area contributed by atoms with Gasteiger partial charge in [-0.1, -0.05) is 30.3 Å². The van der Waals surface area contributed by atoms with E-state index in [2.05, 4.69) is 49.6 Å². The maximum absolute atomic E-state index is 12.9. The highest BCUT2D eigenvalue weighted by molar-refractivity contribution is 5.96. The van der Waals surface area contributed by atoms with E-state index in [0.717, 1.165) is 36.5 Å². The predicted molar refractivity (Wildman–Crippen MR) is 97.2 cm³/mol. The summed E-state index contributed by atoms with van der Waals surface area (Å²) in [5.41, 5.74) is 10.0. The van der Waals surface area contributed by atoms with Gasteiger partial charge in [0.25, 0.3) is 5.91 Å². The lowest BCUT2D eigenvalue weighted by molar-refractivity contribution is 0.0787. The smallest absolute Gasteiger partial charge is 0.255 e. The molecule has 3 rings (SSSR count). The number of aryl methyl sites for hydroxylation is 1. The third kappa shape index (κ3) is 2.98. The Morgan fingerprint density at radius 3 is 2.62 bits per heavy atom. The monoisotopic (exact) mass is 325 g/mol. The summed E-state index contributed by atoms with van der Waals surface area (Å²) in [4.78, 5) is 14.9. The zero-order valence-electron chi connectivity index (χ0n) is 14.8. The molecule has 1 aliphatic heterocycles. The Hall–Kier alpha value is -2.07. The molecule has 1 fully saturated rings. The molecule has 0 saturated carbocycles. The molecule has 4 nitrogen and oxygen atoms in total. The highest BCUT2D eigenvalue weighted by Crippen LogP contribution is 2.27. The van der Waals surface area contributed by atoms with Crippen LogP contribution in [0.3, 0.4) is 0 Å². The average Bonchev–Trinajstić information content (AvgIpc) is 3.19. The molecular weight excluding hydrogens is 298 g/mol. The number of likely N-dealkylation sites (tertiary alicyclic amines) is 1. The number of rotatable bonds is 4. The Balaban J connectivity index is 1.88. The second-order valence-electron chi connectivity index (χ2n) is 6.88. The Morgan fingerprint density at radius 2 is 2.00 bits per heavy atom. The molecule has 24 heavy (non-hydrogen) atoms. The van der Waals surface area contributed by atoms with Gasteiger partial charge < -0.3 is 15.2 Å². The molecule has 128 valence electrons. The molecular formula is C20H27N3O. The Morgan fingerprint density at radius 1 is 1.29 bits per heavy atom. The van der Waals surface area contributed by atoms with E-state index in [-0.39, 0.29) is 11.9 Å². The summed E-state index contributed by atoms with van der Waals surface area (Å²) in [5, 5.41) is 0. The average molecular weight is 325 g/mol. The van der Waals surface area contributed by atoms with Crippen molar-refractivity contribution in [1.29, 1.82) is 0 Å². The van der Waals surface area contributed by atoms with Crippen molar-refractivity contribution in [3.8, 4) is 0 Å². The first-order valence-electron chi connectivity index (χ1n) is 8.75. The van der Waals surface area contributed by atoms with Gasteiger partial charge in [-0.3, -0.25) is 4.79 Å². The summed E-state index contributed by atoms with van der Waals surface area (Å²) >= 11 is 0. The van der Waals surface area contributed by atoms with Gasteiger partial charge in [0.1, 0.15) is 0 Å². The minimum atomic E-state index is 0.144. The summed E-state index contributed by atoms with van der Waals surface area (Å²) < 4.78 is 2.26. The zero-order valence-corrected chi connectivity index (χ0v) is 14.8. The molecule has 1 saturated heterocycles. The van der Waals surface area contributed by atoms with E-state index in [4.69, 9.17) is 5.73 Å². The number of hydrogen-bond donors (Lipinski definition) is 1. The van der Waals surface area contributed by atoms with Crippen LogP contribution in [0.25, 0.3) is 0 Å². The van der Waals surface area contributed by atoms with Crippen molar-refractivity contribution in [2.75, 3.05) is 19.6 Å². The minimum Gasteiger partial charge on any atom is -0.341 e. The number of hydrogen-bond acceptors (Lipinski definition) is 2. The van der Waals surface area contributed by atoms with Gasteiger partial charge in [-0.25, -0.2) is 0 Å². The number of benzene rings is 1. The fourth-order valence-electron chi connectivity index (χ4n) is 3.85. The van der Waals surface area contributed by atoms with E-state index in [1.54, 1.807) is 0 Å². The third-order valence-electron chi connectivity index (χ3n) is 5.29. The number of amides is 1. The normalized spacial score (nSPS) is 18.8. The first-order valence-corrected chi connectivity index (χ1v) is 8.75. The standard InChI is InChI=1S/C20H27N3O/c1-14-11-19(20(24)22-10-9-17(12-21)13-22)16(3)23(14)15(2)18-7-5-4-6-8-18/h4-8,11,15,17H,9-10,12-13,21H2,1-3H3/t15-,17-/m0/s1. The summed E-state index contributed by atoms with van der Waals surface area (Å²) in [5.74, 6) is 0.589. The van der Waals surface area contributed by atoms with Crippen LogP contribution in [0, 0.1) is 19.8 Å². The maximum atomic E-state index is 12.9. The largest absolute Gasteiger partial charge is 0.341 e. The van der Waals surface area contributed by atoms with Crippen LogP contribution in [0.4, 0.5) is 0 Å². The zero-order chi connectivity index (χ0) is 17.3. The molecule has 1 aliphatic rings. The lowest BCUT2D eigenvalue weighted by Crippen LogP contribution is -2.30. The van der Waals surface area contributed by atoms with Crippen molar-refractivity contribution >= 4 is 5.91 Å². The molecule has 2 aromatic rings. The van der Waals surface area contributed by atoms with Crippen molar-refractivity contribution in [2.45, 2.75) is 33.2 Å².